The summed E-state index contributed by atoms with van der Waals surface area (Å²) in [4.78, 5) is 24.4. The van der Waals surface area contributed by atoms with Gasteiger partial charge in [-0.25, -0.2) is 4.79 Å². The lowest BCUT2D eigenvalue weighted by Gasteiger charge is -2.56. The van der Waals surface area contributed by atoms with Crippen LogP contribution in [0.1, 0.15) is 68.9 Å². The monoisotopic (exact) mass is 669 g/mol. The van der Waals surface area contributed by atoms with Gasteiger partial charge in [-0.3, -0.25) is 10.1 Å². The standard InChI is InChI=1S/C37H36F5NO5/c1-34-21-30(23-7-5-22(6-8-23)4-3-19-48-33(45)43-25-10-13-27(47-2)14-11-25)32-28-16-12-26(44)20-24(28)9-15-29(32)31(34)17-18-35(34,46)36(38,39)37(40,41)42/h5-8,10-11,13-14,20,29-31,46H,9,12,15-19,21H2,1-2H3,(H,43,45)/t29?,30-,31?,34+,35+/m1/s1. The van der Waals surface area contributed by atoms with E-state index in [1.54, 1.807) is 54.6 Å². The minimum absolute atomic E-state index is 0.0233. The predicted molar refractivity (Wildman–Crippen MR) is 167 cm³/mol. The fourth-order valence-electron chi connectivity index (χ4n) is 8.58. The number of hydrogen-bond donors (Lipinski definition) is 2. The Morgan fingerprint density at radius 3 is 2.40 bits per heavy atom. The predicted octanol–water partition coefficient (Wildman–Crippen LogP) is 8.12. The van der Waals surface area contributed by atoms with Crippen LogP contribution in [-0.2, 0) is 9.53 Å². The molecule has 0 saturated heterocycles. The van der Waals surface area contributed by atoms with Crippen LogP contribution in [0.25, 0.3) is 0 Å². The summed E-state index contributed by atoms with van der Waals surface area (Å²) >= 11 is 0. The molecule has 0 aromatic heterocycles. The van der Waals surface area contributed by atoms with Gasteiger partial charge in [0.1, 0.15) is 11.4 Å². The van der Waals surface area contributed by atoms with Gasteiger partial charge in [-0.15, -0.1) is 0 Å². The van der Waals surface area contributed by atoms with Gasteiger partial charge in [-0.2, -0.15) is 22.0 Å². The van der Waals surface area contributed by atoms with E-state index < -0.39 is 47.5 Å². The number of benzene rings is 2. The van der Waals surface area contributed by atoms with E-state index in [9.17, 15) is 27.9 Å². The van der Waals surface area contributed by atoms with Crippen molar-refractivity contribution in [2.45, 2.75) is 75.5 Å². The molecule has 48 heavy (non-hydrogen) atoms. The van der Waals surface area contributed by atoms with Gasteiger partial charge in [0, 0.05) is 29.0 Å². The van der Waals surface area contributed by atoms with Crippen LogP contribution in [-0.4, -0.2) is 48.4 Å². The molecule has 4 aliphatic carbocycles. The number of halogens is 5. The van der Waals surface area contributed by atoms with E-state index in [0.29, 0.717) is 48.2 Å². The summed E-state index contributed by atoms with van der Waals surface area (Å²) in [6.45, 7) is 1.21. The minimum Gasteiger partial charge on any atom is -0.497 e. The number of allylic oxidation sites excluding steroid dienone is 4. The molecule has 1 amide bonds. The molecule has 5 atom stereocenters. The first-order valence-corrected chi connectivity index (χ1v) is 16.0. The van der Waals surface area contributed by atoms with Crippen LogP contribution in [0, 0.1) is 29.1 Å². The molecule has 254 valence electrons. The van der Waals surface area contributed by atoms with Crippen molar-refractivity contribution in [1.82, 2.24) is 0 Å². The first kappa shape index (κ1) is 33.7. The number of carbonyl (C=O) groups excluding carboxylic acids is 2. The molecule has 2 N–H and O–H groups in total. The number of amides is 1. The molecule has 2 fully saturated rings. The van der Waals surface area contributed by atoms with Crippen LogP contribution >= 0.6 is 0 Å². The second-order valence-electron chi connectivity index (χ2n) is 13.3. The number of ketones is 1. The second-order valence-corrected chi connectivity index (χ2v) is 13.3. The van der Waals surface area contributed by atoms with Crippen molar-refractivity contribution in [3.8, 4) is 17.6 Å². The highest BCUT2D eigenvalue weighted by Gasteiger charge is 2.79. The van der Waals surface area contributed by atoms with Gasteiger partial charge in [0.05, 0.1) is 7.11 Å². The van der Waals surface area contributed by atoms with E-state index in [0.717, 1.165) is 16.7 Å². The minimum atomic E-state index is -5.90. The summed E-state index contributed by atoms with van der Waals surface area (Å²) in [7, 11) is 1.53. The molecule has 2 aromatic carbocycles. The highest BCUT2D eigenvalue weighted by Crippen LogP contribution is 2.70. The maximum atomic E-state index is 15.2. The zero-order valence-electron chi connectivity index (χ0n) is 26.6. The van der Waals surface area contributed by atoms with Gasteiger partial charge in [0.15, 0.2) is 12.4 Å². The Kier molecular flexibility index (Phi) is 8.69. The smallest absolute Gasteiger partial charge is 0.456 e. The molecule has 2 saturated carbocycles. The number of alkyl halides is 5. The normalized spacial score (nSPS) is 28.3. The van der Waals surface area contributed by atoms with Crippen molar-refractivity contribution in [3.05, 3.63) is 82.5 Å². The Bertz CT molecular complexity index is 1720. The molecule has 0 aliphatic heterocycles. The van der Waals surface area contributed by atoms with Crippen LogP contribution in [0.15, 0.2) is 71.3 Å². The number of hydrogen-bond acceptors (Lipinski definition) is 5. The van der Waals surface area contributed by atoms with Crippen molar-refractivity contribution in [1.29, 1.82) is 0 Å². The van der Waals surface area contributed by atoms with Crippen molar-refractivity contribution in [2.75, 3.05) is 19.0 Å². The molecule has 0 spiro atoms. The van der Waals surface area contributed by atoms with Gasteiger partial charge in [-0.1, -0.05) is 36.5 Å². The Hall–Kier alpha value is -4.17. The van der Waals surface area contributed by atoms with E-state index in [2.05, 4.69) is 17.2 Å². The van der Waals surface area contributed by atoms with Crippen LogP contribution in [0.4, 0.5) is 32.4 Å². The third-order valence-electron chi connectivity index (χ3n) is 10.9. The summed E-state index contributed by atoms with van der Waals surface area (Å²) < 4.78 is 82.0. The van der Waals surface area contributed by atoms with Crippen LogP contribution in [0.5, 0.6) is 5.75 Å². The van der Waals surface area contributed by atoms with E-state index in [1.165, 1.54) is 14.0 Å². The molecule has 2 aromatic rings. The molecule has 6 nitrogen and oxygen atoms in total. The molecule has 4 aliphatic rings. The lowest BCUT2D eigenvalue weighted by Crippen LogP contribution is -2.65. The van der Waals surface area contributed by atoms with Crippen molar-refractivity contribution in [3.63, 3.8) is 0 Å². The summed E-state index contributed by atoms with van der Waals surface area (Å²) in [5.41, 5.74) is -0.254. The van der Waals surface area contributed by atoms with Crippen molar-refractivity contribution < 1.29 is 46.1 Å². The van der Waals surface area contributed by atoms with Crippen LogP contribution < -0.4 is 10.1 Å². The van der Waals surface area contributed by atoms with Gasteiger partial charge in [0.25, 0.3) is 0 Å². The largest absolute Gasteiger partial charge is 0.497 e. The summed E-state index contributed by atoms with van der Waals surface area (Å²) in [5, 5.41) is 14.0. The highest BCUT2D eigenvalue weighted by molar-refractivity contribution is 5.93. The fraction of sp³-hybridized carbons (Fsp3) is 0.459. The number of carbonyl (C=O) groups is 2. The van der Waals surface area contributed by atoms with Gasteiger partial charge in [0.2, 0.25) is 0 Å². The second kappa shape index (κ2) is 12.4. The summed E-state index contributed by atoms with van der Waals surface area (Å²) in [6, 6.07) is 13.7. The zero-order chi connectivity index (χ0) is 34.5. The van der Waals surface area contributed by atoms with Crippen LogP contribution in [0.2, 0.25) is 0 Å². The van der Waals surface area contributed by atoms with Crippen molar-refractivity contribution >= 4 is 17.6 Å². The maximum Gasteiger partial charge on any atom is 0.456 e. The molecule has 6 rings (SSSR count). The van der Waals surface area contributed by atoms with Gasteiger partial charge < -0.3 is 14.6 Å². The molecule has 11 heteroatoms. The SMILES string of the molecule is COc1ccc(NC(=O)OCC#Cc2ccc([C@H]3C[C@@]4(C)C(CC[C@@]4(O)C(F)(F)C(F)(F)F)C4CCC5=CC(=O)CCC5=C43)cc2)cc1. The summed E-state index contributed by atoms with van der Waals surface area (Å²) in [6.07, 6.45) is -3.78. The Morgan fingerprint density at radius 2 is 1.73 bits per heavy atom. The number of rotatable bonds is 5. The fourth-order valence-corrected chi connectivity index (χ4v) is 8.58. The van der Waals surface area contributed by atoms with Gasteiger partial charge >= 0.3 is 18.2 Å². The first-order valence-electron chi connectivity index (χ1n) is 16.0. The third-order valence-corrected chi connectivity index (χ3v) is 10.9. The Balaban J connectivity index is 1.26. The van der Waals surface area contributed by atoms with E-state index in [1.807, 2.05) is 0 Å². The quantitative estimate of drug-likeness (QED) is 0.248. The number of aliphatic hydroxyl groups is 1. The van der Waals surface area contributed by atoms with Crippen molar-refractivity contribution in [2.24, 2.45) is 17.3 Å². The number of nitrogens with one attached hydrogen (secondary N) is 1. The number of ether oxygens (including phenoxy) is 2. The van der Waals surface area contributed by atoms with Gasteiger partial charge in [-0.05, 0) is 110 Å². The molecule has 0 radical (unpaired) electrons. The van der Waals surface area contributed by atoms with E-state index in [4.69, 9.17) is 9.47 Å². The molecule has 2 unspecified atom stereocenters. The number of fused-ring (bicyclic) bond motifs is 4. The molecule has 0 heterocycles. The first-order chi connectivity index (χ1) is 22.7. The lowest BCUT2D eigenvalue weighted by atomic mass is 9.50. The highest BCUT2D eigenvalue weighted by atomic mass is 19.4. The maximum absolute atomic E-state index is 15.2. The average Bonchev–Trinajstić information content (AvgIpc) is 3.33. The van der Waals surface area contributed by atoms with E-state index >= 15 is 8.78 Å². The number of anilines is 1. The Labute approximate surface area is 275 Å². The average molecular weight is 670 g/mol. The molecule has 0 bridgehead atoms. The zero-order valence-corrected chi connectivity index (χ0v) is 26.6. The van der Waals surface area contributed by atoms with E-state index in [-0.39, 0.29) is 31.1 Å². The molecular formula is C37H36F5NO5. The lowest BCUT2D eigenvalue weighted by molar-refractivity contribution is -0.362. The molecular weight excluding hydrogens is 633 g/mol. The Morgan fingerprint density at radius 1 is 1.02 bits per heavy atom. The topological polar surface area (TPSA) is 84.9 Å². The number of methoxy groups -OCH3 is 1. The third kappa shape index (κ3) is 5.68. The van der Waals surface area contributed by atoms with Crippen LogP contribution in [0.3, 0.4) is 0 Å². The summed E-state index contributed by atoms with van der Waals surface area (Å²) in [5.74, 6) is -0.343.